The summed E-state index contributed by atoms with van der Waals surface area (Å²) in [5.74, 6) is 0.710. The molecule has 0 saturated heterocycles. The molecule has 0 radical (unpaired) electrons. The Kier molecular flexibility index (Phi) is 4.09. The Morgan fingerprint density at radius 1 is 1.05 bits per heavy atom. The lowest BCUT2D eigenvalue weighted by atomic mass is 10.0. The lowest BCUT2D eigenvalue weighted by Crippen LogP contribution is -2.27. The minimum absolute atomic E-state index is 0.354. The maximum atomic E-state index is 10.2. The van der Waals surface area contributed by atoms with E-state index in [1.807, 2.05) is 18.2 Å². The average Bonchev–Trinajstić information content (AvgIpc) is 3.34. The second kappa shape index (κ2) is 6.16. The molecule has 2 aromatic rings. The molecular formula is C17H20N2O. The summed E-state index contributed by atoms with van der Waals surface area (Å²) in [6.07, 6.45) is 5.50. The number of rotatable bonds is 6. The van der Waals surface area contributed by atoms with Crippen LogP contribution in [0.4, 0.5) is 0 Å². The first-order valence-electron chi connectivity index (χ1n) is 7.21. The van der Waals surface area contributed by atoms with Gasteiger partial charge in [0.1, 0.15) is 0 Å². The first-order chi connectivity index (χ1) is 9.84. The van der Waals surface area contributed by atoms with Gasteiger partial charge in [-0.25, -0.2) is 0 Å². The number of aliphatic hydroxyl groups excluding tert-OH is 1. The van der Waals surface area contributed by atoms with Gasteiger partial charge in [0.2, 0.25) is 0 Å². The number of benzene rings is 1. The highest BCUT2D eigenvalue weighted by molar-refractivity contribution is 5.21. The first kappa shape index (κ1) is 13.3. The number of pyridine rings is 1. The van der Waals surface area contributed by atoms with Crippen LogP contribution in [0.5, 0.6) is 0 Å². The molecule has 0 spiro atoms. The van der Waals surface area contributed by atoms with Crippen molar-refractivity contribution in [3.63, 3.8) is 0 Å². The molecule has 0 aliphatic heterocycles. The zero-order valence-corrected chi connectivity index (χ0v) is 11.4. The SMILES string of the molecule is O[C@H](CN[C@@H](c1ccccc1)C1CC1)c1ccncc1. The average molecular weight is 268 g/mol. The number of hydrogen-bond acceptors (Lipinski definition) is 3. The number of hydrogen-bond donors (Lipinski definition) is 2. The fourth-order valence-electron chi connectivity index (χ4n) is 2.59. The van der Waals surface area contributed by atoms with E-state index < -0.39 is 6.10 Å². The fraction of sp³-hybridized carbons (Fsp3) is 0.353. The van der Waals surface area contributed by atoms with Gasteiger partial charge in [0, 0.05) is 25.0 Å². The number of aliphatic hydroxyl groups is 1. The van der Waals surface area contributed by atoms with Crippen LogP contribution in [0, 0.1) is 5.92 Å². The van der Waals surface area contributed by atoms with Crippen molar-refractivity contribution in [3.8, 4) is 0 Å². The summed E-state index contributed by atoms with van der Waals surface area (Å²) >= 11 is 0. The third-order valence-electron chi connectivity index (χ3n) is 3.87. The van der Waals surface area contributed by atoms with Crippen LogP contribution in [0.3, 0.4) is 0 Å². The van der Waals surface area contributed by atoms with Gasteiger partial charge in [-0.05, 0) is 42.0 Å². The Morgan fingerprint density at radius 3 is 2.40 bits per heavy atom. The van der Waals surface area contributed by atoms with E-state index in [0.29, 0.717) is 18.5 Å². The summed E-state index contributed by atoms with van der Waals surface area (Å²) in [6, 6.07) is 14.6. The lowest BCUT2D eigenvalue weighted by molar-refractivity contribution is 0.168. The maximum Gasteiger partial charge on any atom is 0.0915 e. The standard InChI is InChI=1S/C17H20N2O/c20-16(13-8-10-18-11-9-13)12-19-17(15-6-7-15)14-4-2-1-3-5-14/h1-5,8-11,15-17,19-20H,6-7,12H2/t16-,17+/m1/s1. The topological polar surface area (TPSA) is 45.1 Å². The molecule has 0 bridgehead atoms. The van der Waals surface area contributed by atoms with Gasteiger partial charge in [-0.1, -0.05) is 30.3 Å². The Balaban J connectivity index is 1.63. The van der Waals surface area contributed by atoms with Gasteiger partial charge >= 0.3 is 0 Å². The molecule has 1 aromatic carbocycles. The third kappa shape index (κ3) is 3.24. The van der Waals surface area contributed by atoms with Crippen LogP contribution >= 0.6 is 0 Å². The van der Waals surface area contributed by atoms with Crippen LogP contribution in [0.15, 0.2) is 54.9 Å². The molecule has 1 fully saturated rings. The molecule has 3 rings (SSSR count). The second-order valence-corrected chi connectivity index (χ2v) is 5.43. The summed E-state index contributed by atoms with van der Waals surface area (Å²) in [7, 11) is 0. The Hall–Kier alpha value is -1.71. The smallest absolute Gasteiger partial charge is 0.0915 e. The lowest BCUT2D eigenvalue weighted by Gasteiger charge is -2.21. The van der Waals surface area contributed by atoms with Gasteiger partial charge in [-0.15, -0.1) is 0 Å². The van der Waals surface area contributed by atoms with E-state index in [1.54, 1.807) is 12.4 Å². The Bertz CT molecular complexity index is 525. The molecule has 1 heterocycles. The van der Waals surface area contributed by atoms with Crippen molar-refractivity contribution in [2.45, 2.75) is 25.0 Å². The molecule has 2 N–H and O–H groups in total. The van der Waals surface area contributed by atoms with Crippen LogP contribution in [-0.2, 0) is 0 Å². The van der Waals surface area contributed by atoms with E-state index in [-0.39, 0.29) is 0 Å². The molecular weight excluding hydrogens is 248 g/mol. The highest BCUT2D eigenvalue weighted by Crippen LogP contribution is 2.41. The minimum Gasteiger partial charge on any atom is -0.387 e. The molecule has 1 aromatic heterocycles. The van der Waals surface area contributed by atoms with Gasteiger partial charge in [-0.3, -0.25) is 4.98 Å². The largest absolute Gasteiger partial charge is 0.387 e. The maximum absolute atomic E-state index is 10.2. The van der Waals surface area contributed by atoms with Crippen molar-refractivity contribution in [1.29, 1.82) is 0 Å². The number of nitrogens with one attached hydrogen (secondary N) is 1. The molecule has 3 heteroatoms. The summed E-state index contributed by atoms with van der Waals surface area (Å²) in [5.41, 5.74) is 2.23. The molecule has 3 nitrogen and oxygen atoms in total. The van der Waals surface area contributed by atoms with E-state index >= 15 is 0 Å². The summed E-state index contributed by atoms with van der Waals surface area (Å²) in [5, 5.41) is 13.8. The second-order valence-electron chi connectivity index (χ2n) is 5.43. The minimum atomic E-state index is -0.483. The normalized spacial score (nSPS) is 17.6. The molecule has 1 saturated carbocycles. The molecule has 2 atom stereocenters. The molecule has 1 aliphatic rings. The van der Waals surface area contributed by atoms with Crippen molar-refractivity contribution in [2.75, 3.05) is 6.54 Å². The number of nitrogens with zero attached hydrogens (tertiary/aromatic N) is 1. The van der Waals surface area contributed by atoms with Crippen LogP contribution in [-0.4, -0.2) is 16.6 Å². The molecule has 104 valence electrons. The molecule has 1 aliphatic carbocycles. The zero-order valence-electron chi connectivity index (χ0n) is 11.4. The summed E-state index contributed by atoms with van der Waals surface area (Å²) in [4.78, 5) is 3.98. The first-order valence-corrected chi connectivity index (χ1v) is 7.21. The van der Waals surface area contributed by atoms with Gasteiger partial charge in [0.05, 0.1) is 6.10 Å². The highest BCUT2D eigenvalue weighted by atomic mass is 16.3. The van der Waals surface area contributed by atoms with E-state index in [0.717, 1.165) is 5.56 Å². The van der Waals surface area contributed by atoms with Crippen molar-refractivity contribution >= 4 is 0 Å². The quantitative estimate of drug-likeness (QED) is 0.846. The Morgan fingerprint density at radius 2 is 1.75 bits per heavy atom. The van der Waals surface area contributed by atoms with Gasteiger partial charge in [-0.2, -0.15) is 0 Å². The molecule has 0 amide bonds. The van der Waals surface area contributed by atoms with Crippen molar-refractivity contribution in [3.05, 3.63) is 66.0 Å². The van der Waals surface area contributed by atoms with Crippen LogP contribution in [0.2, 0.25) is 0 Å². The predicted molar refractivity (Wildman–Crippen MR) is 79.1 cm³/mol. The van der Waals surface area contributed by atoms with E-state index in [9.17, 15) is 5.11 Å². The van der Waals surface area contributed by atoms with Gasteiger partial charge in [0.25, 0.3) is 0 Å². The fourth-order valence-corrected chi connectivity index (χ4v) is 2.59. The van der Waals surface area contributed by atoms with E-state index in [4.69, 9.17) is 0 Å². The van der Waals surface area contributed by atoms with E-state index in [2.05, 4.69) is 34.6 Å². The van der Waals surface area contributed by atoms with Crippen LogP contribution < -0.4 is 5.32 Å². The zero-order chi connectivity index (χ0) is 13.8. The van der Waals surface area contributed by atoms with Crippen LogP contribution in [0.25, 0.3) is 0 Å². The van der Waals surface area contributed by atoms with Gasteiger partial charge < -0.3 is 10.4 Å². The summed E-state index contributed by atoms with van der Waals surface area (Å²) < 4.78 is 0. The van der Waals surface area contributed by atoms with Gasteiger partial charge in [0.15, 0.2) is 0 Å². The van der Waals surface area contributed by atoms with Crippen molar-refractivity contribution < 1.29 is 5.11 Å². The van der Waals surface area contributed by atoms with Crippen LogP contribution in [0.1, 0.15) is 36.1 Å². The number of aromatic nitrogens is 1. The third-order valence-corrected chi connectivity index (χ3v) is 3.87. The monoisotopic (exact) mass is 268 g/mol. The molecule has 20 heavy (non-hydrogen) atoms. The summed E-state index contributed by atoms with van der Waals surface area (Å²) in [6.45, 7) is 0.570. The highest BCUT2D eigenvalue weighted by Gasteiger charge is 2.32. The molecule has 0 unspecified atom stereocenters. The van der Waals surface area contributed by atoms with Crippen molar-refractivity contribution in [1.82, 2.24) is 10.3 Å². The Labute approximate surface area is 119 Å². The van der Waals surface area contributed by atoms with E-state index in [1.165, 1.54) is 18.4 Å². The predicted octanol–water partition coefficient (Wildman–Crippen LogP) is 2.86. The van der Waals surface area contributed by atoms with Crippen molar-refractivity contribution in [2.24, 2.45) is 5.92 Å².